The lowest BCUT2D eigenvalue weighted by molar-refractivity contribution is 0.494. The zero-order valence-corrected chi connectivity index (χ0v) is 16.4. The Morgan fingerprint density at radius 3 is 2.39 bits per heavy atom. The number of hydrogen-bond acceptors (Lipinski definition) is 4. The third-order valence-electron chi connectivity index (χ3n) is 5.26. The third kappa shape index (κ3) is 4.35. The lowest BCUT2D eigenvalue weighted by atomic mass is 9.94. The highest BCUT2D eigenvalue weighted by Gasteiger charge is 2.24. The fraction of sp³-hybridized carbons (Fsp3) is 0.348. The molecule has 5 heteroatoms. The van der Waals surface area contributed by atoms with Crippen LogP contribution in [0.3, 0.4) is 0 Å². The molecule has 4 rings (SSSR count). The molecule has 0 bridgehead atoms. The van der Waals surface area contributed by atoms with Crippen LogP contribution in [0, 0.1) is 19.7 Å². The van der Waals surface area contributed by atoms with Gasteiger partial charge in [-0.25, -0.2) is 14.4 Å². The van der Waals surface area contributed by atoms with Gasteiger partial charge in [0.15, 0.2) is 0 Å². The van der Waals surface area contributed by atoms with Crippen molar-refractivity contribution in [2.45, 2.75) is 39.0 Å². The zero-order valence-electron chi connectivity index (χ0n) is 16.4. The van der Waals surface area contributed by atoms with Crippen LogP contribution < -0.4 is 4.90 Å². The van der Waals surface area contributed by atoms with Crippen molar-refractivity contribution in [1.29, 1.82) is 0 Å². The first-order chi connectivity index (χ1) is 13.6. The lowest BCUT2D eigenvalue weighted by Crippen LogP contribution is -2.36. The Hall–Kier alpha value is -2.82. The molecule has 1 saturated heterocycles. The van der Waals surface area contributed by atoms with Crippen molar-refractivity contribution >= 4 is 5.95 Å². The van der Waals surface area contributed by atoms with Crippen molar-refractivity contribution in [3.8, 4) is 0 Å². The Labute approximate surface area is 165 Å². The van der Waals surface area contributed by atoms with Crippen LogP contribution in [0.4, 0.5) is 10.3 Å². The van der Waals surface area contributed by atoms with E-state index in [4.69, 9.17) is 4.98 Å². The molecule has 1 atom stereocenters. The van der Waals surface area contributed by atoms with Crippen LogP contribution >= 0.6 is 0 Å². The highest BCUT2D eigenvalue weighted by molar-refractivity contribution is 5.35. The Balaban J connectivity index is 1.45. The lowest BCUT2D eigenvalue weighted by Gasteiger charge is -2.32. The second-order valence-corrected chi connectivity index (χ2v) is 7.63. The monoisotopic (exact) mass is 376 g/mol. The summed E-state index contributed by atoms with van der Waals surface area (Å²) in [5, 5.41) is 0. The highest BCUT2D eigenvalue weighted by Crippen LogP contribution is 2.28. The molecule has 0 radical (unpaired) electrons. The molecule has 28 heavy (non-hydrogen) atoms. The molecule has 1 aliphatic heterocycles. The van der Waals surface area contributed by atoms with E-state index < -0.39 is 0 Å². The van der Waals surface area contributed by atoms with E-state index >= 15 is 0 Å². The zero-order chi connectivity index (χ0) is 19.5. The molecular weight excluding hydrogens is 351 g/mol. The Morgan fingerprint density at radius 1 is 1.00 bits per heavy atom. The van der Waals surface area contributed by atoms with E-state index in [-0.39, 0.29) is 5.82 Å². The van der Waals surface area contributed by atoms with Gasteiger partial charge in [0.2, 0.25) is 5.95 Å². The predicted molar refractivity (Wildman–Crippen MR) is 109 cm³/mol. The third-order valence-corrected chi connectivity index (χ3v) is 5.26. The maximum Gasteiger partial charge on any atom is 0.225 e. The number of halogens is 1. The van der Waals surface area contributed by atoms with E-state index in [2.05, 4.69) is 27.0 Å². The number of rotatable bonds is 4. The van der Waals surface area contributed by atoms with Gasteiger partial charge in [0.1, 0.15) is 5.82 Å². The quantitative estimate of drug-likeness (QED) is 0.667. The molecule has 0 unspecified atom stereocenters. The van der Waals surface area contributed by atoms with Crippen LogP contribution in [-0.4, -0.2) is 28.0 Å². The van der Waals surface area contributed by atoms with Gasteiger partial charge in [-0.3, -0.25) is 4.98 Å². The van der Waals surface area contributed by atoms with Crippen molar-refractivity contribution in [3.05, 3.63) is 82.7 Å². The average Bonchev–Trinajstić information content (AvgIpc) is 2.70. The molecule has 1 fully saturated rings. The summed E-state index contributed by atoms with van der Waals surface area (Å²) in [5.41, 5.74) is 5.37. The molecular formula is C23H25FN4. The van der Waals surface area contributed by atoms with Gasteiger partial charge in [0.25, 0.3) is 0 Å². The van der Waals surface area contributed by atoms with Crippen LogP contribution in [-0.2, 0) is 6.42 Å². The van der Waals surface area contributed by atoms with Gasteiger partial charge in [-0.2, -0.15) is 0 Å². The topological polar surface area (TPSA) is 41.9 Å². The largest absolute Gasteiger partial charge is 0.340 e. The standard InChI is InChI=1S/C23H25FN4/c1-16-12-17(2)27-23(26-16)28-11-3-4-20(15-28)22-10-7-19(14-25-22)13-18-5-8-21(24)9-6-18/h5-10,12,14,20H,3-4,11,13,15H2,1-2H3/t20-/m1/s1. The molecule has 4 nitrogen and oxygen atoms in total. The summed E-state index contributed by atoms with van der Waals surface area (Å²) >= 11 is 0. The molecule has 2 aromatic heterocycles. The molecule has 0 N–H and O–H groups in total. The molecule has 144 valence electrons. The van der Waals surface area contributed by atoms with Crippen molar-refractivity contribution in [2.75, 3.05) is 18.0 Å². The van der Waals surface area contributed by atoms with E-state index in [1.54, 1.807) is 0 Å². The van der Waals surface area contributed by atoms with Gasteiger partial charge in [-0.05, 0) is 68.5 Å². The molecule has 1 aromatic carbocycles. The highest BCUT2D eigenvalue weighted by atomic mass is 19.1. The summed E-state index contributed by atoms with van der Waals surface area (Å²) in [6.45, 7) is 5.91. The van der Waals surface area contributed by atoms with Crippen LogP contribution in [0.25, 0.3) is 0 Å². The number of benzene rings is 1. The molecule has 0 aliphatic carbocycles. The second-order valence-electron chi connectivity index (χ2n) is 7.63. The van der Waals surface area contributed by atoms with Gasteiger partial charge in [-0.1, -0.05) is 18.2 Å². The summed E-state index contributed by atoms with van der Waals surface area (Å²) in [5.74, 6) is 1.01. The maximum absolute atomic E-state index is 13.1. The van der Waals surface area contributed by atoms with Crippen LogP contribution in [0.2, 0.25) is 0 Å². The number of pyridine rings is 1. The van der Waals surface area contributed by atoms with Gasteiger partial charge in [-0.15, -0.1) is 0 Å². The van der Waals surface area contributed by atoms with Gasteiger partial charge in [0.05, 0.1) is 0 Å². The normalized spacial score (nSPS) is 17.0. The van der Waals surface area contributed by atoms with E-state index in [0.29, 0.717) is 5.92 Å². The maximum atomic E-state index is 13.1. The predicted octanol–water partition coefficient (Wildman–Crippen LogP) is 4.60. The van der Waals surface area contributed by atoms with Crippen molar-refractivity contribution in [2.24, 2.45) is 0 Å². The summed E-state index contributed by atoms with van der Waals surface area (Å²) in [6, 6.07) is 12.9. The molecule has 1 aliphatic rings. The first-order valence-corrected chi connectivity index (χ1v) is 9.83. The first-order valence-electron chi connectivity index (χ1n) is 9.83. The number of nitrogens with zero attached hydrogens (tertiary/aromatic N) is 4. The van der Waals surface area contributed by atoms with Crippen molar-refractivity contribution < 1.29 is 4.39 Å². The van der Waals surface area contributed by atoms with Gasteiger partial charge >= 0.3 is 0 Å². The summed E-state index contributed by atoms with van der Waals surface area (Å²) in [4.78, 5) is 16.3. The molecule has 3 heterocycles. The Bertz CT molecular complexity index is 918. The minimum Gasteiger partial charge on any atom is -0.340 e. The molecule has 0 spiro atoms. The molecule has 0 saturated carbocycles. The number of aryl methyl sites for hydroxylation is 2. The number of piperidine rings is 1. The summed E-state index contributed by atoms with van der Waals surface area (Å²) < 4.78 is 13.1. The smallest absolute Gasteiger partial charge is 0.225 e. The number of aromatic nitrogens is 3. The summed E-state index contributed by atoms with van der Waals surface area (Å²) in [7, 11) is 0. The fourth-order valence-corrected chi connectivity index (χ4v) is 3.87. The second kappa shape index (κ2) is 8.05. The van der Waals surface area contributed by atoms with Crippen LogP contribution in [0.5, 0.6) is 0 Å². The van der Waals surface area contributed by atoms with Crippen LogP contribution in [0.15, 0.2) is 48.7 Å². The number of anilines is 1. The average molecular weight is 376 g/mol. The van der Waals surface area contributed by atoms with E-state index in [0.717, 1.165) is 66.5 Å². The van der Waals surface area contributed by atoms with Crippen LogP contribution in [0.1, 0.15) is 47.0 Å². The van der Waals surface area contributed by atoms with E-state index in [1.165, 1.54) is 12.1 Å². The van der Waals surface area contributed by atoms with Crippen molar-refractivity contribution in [1.82, 2.24) is 15.0 Å². The Kier molecular flexibility index (Phi) is 5.33. The Morgan fingerprint density at radius 2 is 1.71 bits per heavy atom. The van der Waals surface area contributed by atoms with Crippen molar-refractivity contribution in [3.63, 3.8) is 0 Å². The molecule has 0 amide bonds. The number of hydrogen-bond donors (Lipinski definition) is 0. The van der Waals surface area contributed by atoms with Gasteiger partial charge < -0.3 is 4.90 Å². The SMILES string of the molecule is Cc1cc(C)nc(N2CCC[C@@H](c3ccc(Cc4ccc(F)cc4)cn3)C2)n1. The minimum absolute atomic E-state index is 0.202. The van der Waals surface area contributed by atoms with Gasteiger partial charge in [0, 0.05) is 42.3 Å². The van der Waals surface area contributed by atoms with E-state index in [1.807, 2.05) is 38.2 Å². The van der Waals surface area contributed by atoms with E-state index in [9.17, 15) is 4.39 Å². The fourth-order valence-electron chi connectivity index (χ4n) is 3.87. The minimum atomic E-state index is -0.202. The first kappa shape index (κ1) is 18.5. The summed E-state index contributed by atoms with van der Waals surface area (Å²) in [6.07, 6.45) is 4.96. The molecule has 3 aromatic rings.